The quantitative estimate of drug-likeness (QED) is 0.544. The highest BCUT2D eigenvalue weighted by molar-refractivity contribution is 7.22. The van der Waals surface area contributed by atoms with Crippen LogP contribution in [-0.2, 0) is 0 Å². The van der Waals surface area contributed by atoms with Gasteiger partial charge in [0.1, 0.15) is 16.9 Å². The minimum Gasteiger partial charge on any atom is -0.298 e. The first-order chi connectivity index (χ1) is 12.3. The number of hydrogen-bond donors (Lipinski definition) is 1. The number of carbonyl (C=O) groups is 1. The number of nitro benzene ring substituents is 2. The number of fused-ring (bicyclic) bond motifs is 1. The lowest BCUT2D eigenvalue weighted by Gasteiger charge is -2.04. The number of benzene rings is 2. The smallest absolute Gasteiger partial charge is 0.279 e. The van der Waals surface area contributed by atoms with Crippen LogP contribution >= 0.6 is 11.3 Å². The van der Waals surface area contributed by atoms with Gasteiger partial charge in [-0.3, -0.25) is 30.3 Å². The van der Waals surface area contributed by atoms with Crippen LogP contribution in [0.1, 0.15) is 15.9 Å². The molecule has 1 amide bonds. The number of anilines is 1. The fourth-order valence-corrected chi connectivity index (χ4v) is 3.21. The number of nitrogens with one attached hydrogen (secondary N) is 1. The average molecular weight is 376 g/mol. The van der Waals surface area contributed by atoms with Crippen LogP contribution in [0.3, 0.4) is 0 Å². The van der Waals surface area contributed by atoms with Gasteiger partial charge in [0.2, 0.25) is 0 Å². The summed E-state index contributed by atoms with van der Waals surface area (Å²) in [6.45, 7) is 1.23. The molecule has 0 atom stereocenters. The Labute approximate surface area is 148 Å². The maximum Gasteiger partial charge on any atom is 0.279 e. The lowest BCUT2D eigenvalue weighted by atomic mass is 10.1. The molecule has 0 bridgehead atoms. The average Bonchev–Trinajstić information content (AvgIpc) is 2.98. The maximum absolute atomic E-state index is 13.7. The summed E-state index contributed by atoms with van der Waals surface area (Å²) in [5, 5.41) is 24.6. The Morgan fingerprint density at radius 1 is 1.19 bits per heavy atom. The molecule has 3 aromatic rings. The van der Waals surface area contributed by atoms with Gasteiger partial charge in [-0.05, 0) is 19.1 Å². The molecule has 11 heteroatoms. The Morgan fingerprint density at radius 3 is 2.35 bits per heavy atom. The van der Waals surface area contributed by atoms with Crippen LogP contribution in [0.25, 0.3) is 10.2 Å². The predicted octanol–water partition coefficient (Wildman–Crippen LogP) is 3.81. The van der Waals surface area contributed by atoms with Crippen molar-refractivity contribution in [2.45, 2.75) is 6.92 Å². The van der Waals surface area contributed by atoms with E-state index in [-0.39, 0.29) is 21.8 Å². The Morgan fingerprint density at radius 2 is 1.81 bits per heavy atom. The molecule has 0 aliphatic rings. The number of nitro groups is 2. The van der Waals surface area contributed by atoms with Crippen LogP contribution in [0.2, 0.25) is 0 Å². The molecule has 0 radical (unpaired) electrons. The van der Waals surface area contributed by atoms with Crippen molar-refractivity contribution < 1.29 is 19.0 Å². The van der Waals surface area contributed by atoms with E-state index in [1.165, 1.54) is 19.1 Å². The predicted molar refractivity (Wildman–Crippen MR) is 92.0 cm³/mol. The van der Waals surface area contributed by atoms with Crippen molar-refractivity contribution in [1.82, 2.24) is 4.98 Å². The second kappa shape index (κ2) is 6.44. The Kier molecular flexibility index (Phi) is 4.30. The van der Waals surface area contributed by atoms with Crippen molar-refractivity contribution in [3.8, 4) is 0 Å². The molecule has 0 aliphatic carbocycles. The van der Waals surface area contributed by atoms with E-state index in [0.717, 1.165) is 23.5 Å². The van der Waals surface area contributed by atoms with Gasteiger partial charge >= 0.3 is 0 Å². The topological polar surface area (TPSA) is 128 Å². The van der Waals surface area contributed by atoms with Crippen molar-refractivity contribution in [3.63, 3.8) is 0 Å². The number of rotatable bonds is 4. The van der Waals surface area contributed by atoms with E-state index in [9.17, 15) is 29.4 Å². The zero-order valence-electron chi connectivity index (χ0n) is 13.1. The van der Waals surface area contributed by atoms with E-state index in [0.29, 0.717) is 4.70 Å². The SMILES string of the molecule is Cc1c([N+](=O)[O-])cc(C(=O)Nc2nc3c(F)cccc3s2)cc1[N+](=O)[O-]. The summed E-state index contributed by atoms with van der Waals surface area (Å²) in [6, 6.07) is 6.24. The minimum absolute atomic E-state index is 0.0704. The van der Waals surface area contributed by atoms with Gasteiger partial charge in [0.15, 0.2) is 5.13 Å². The maximum atomic E-state index is 13.7. The van der Waals surface area contributed by atoms with E-state index in [4.69, 9.17) is 0 Å². The summed E-state index contributed by atoms with van der Waals surface area (Å²) in [4.78, 5) is 36.9. The zero-order chi connectivity index (χ0) is 19.0. The van der Waals surface area contributed by atoms with Crippen LogP contribution in [0.5, 0.6) is 0 Å². The molecule has 0 spiro atoms. The Balaban J connectivity index is 1.99. The van der Waals surface area contributed by atoms with Crippen LogP contribution in [0.4, 0.5) is 20.9 Å². The lowest BCUT2D eigenvalue weighted by molar-refractivity contribution is -0.395. The molecule has 1 N–H and O–H groups in total. The summed E-state index contributed by atoms with van der Waals surface area (Å²) in [5.41, 5.74) is -1.43. The second-order valence-corrected chi connectivity index (χ2v) is 6.24. The van der Waals surface area contributed by atoms with Crippen molar-refractivity contribution in [3.05, 3.63) is 67.5 Å². The number of hydrogen-bond acceptors (Lipinski definition) is 7. The van der Waals surface area contributed by atoms with Gasteiger partial charge in [0.25, 0.3) is 17.3 Å². The molecule has 132 valence electrons. The van der Waals surface area contributed by atoms with Crippen molar-refractivity contribution >= 4 is 44.0 Å². The van der Waals surface area contributed by atoms with E-state index in [1.54, 1.807) is 6.07 Å². The molecule has 0 fully saturated rings. The number of amides is 1. The summed E-state index contributed by atoms with van der Waals surface area (Å²) in [7, 11) is 0. The molecule has 0 saturated carbocycles. The molecule has 26 heavy (non-hydrogen) atoms. The first-order valence-corrected chi connectivity index (χ1v) is 7.89. The van der Waals surface area contributed by atoms with Gasteiger partial charge in [-0.25, -0.2) is 9.37 Å². The molecule has 2 aromatic carbocycles. The van der Waals surface area contributed by atoms with E-state index in [1.807, 2.05) is 0 Å². The normalized spacial score (nSPS) is 10.7. The highest BCUT2D eigenvalue weighted by Gasteiger charge is 2.25. The number of halogens is 1. The number of nitrogens with zero attached hydrogens (tertiary/aromatic N) is 3. The van der Waals surface area contributed by atoms with Gasteiger partial charge in [0.05, 0.1) is 20.1 Å². The molecule has 0 aliphatic heterocycles. The second-order valence-electron chi connectivity index (χ2n) is 5.21. The summed E-state index contributed by atoms with van der Waals surface area (Å²) >= 11 is 1.01. The summed E-state index contributed by atoms with van der Waals surface area (Å²) < 4.78 is 14.2. The fraction of sp³-hybridized carbons (Fsp3) is 0.0667. The van der Waals surface area contributed by atoms with Crippen molar-refractivity contribution in [2.24, 2.45) is 0 Å². The van der Waals surface area contributed by atoms with Gasteiger partial charge in [-0.15, -0.1) is 0 Å². The lowest BCUT2D eigenvalue weighted by Crippen LogP contribution is -2.13. The largest absolute Gasteiger partial charge is 0.298 e. The number of carbonyl (C=O) groups excluding carboxylic acids is 1. The standard InChI is InChI=1S/C15H9FN4O5S/c1-7-10(19(22)23)5-8(6-11(7)20(24)25)14(21)18-15-17-13-9(16)3-2-4-12(13)26-15/h2-6H,1H3,(H,17,18,21). The number of aromatic nitrogens is 1. The number of thiazole rings is 1. The Bertz CT molecular complexity index is 1050. The third kappa shape index (κ3) is 3.07. The van der Waals surface area contributed by atoms with Crippen LogP contribution in [-0.4, -0.2) is 20.7 Å². The van der Waals surface area contributed by atoms with Crippen molar-refractivity contribution in [1.29, 1.82) is 0 Å². The molecule has 3 rings (SSSR count). The Hall–Kier alpha value is -3.47. The molecule has 1 heterocycles. The molecular weight excluding hydrogens is 367 g/mol. The molecule has 0 unspecified atom stereocenters. The van der Waals surface area contributed by atoms with Gasteiger partial charge in [-0.2, -0.15) is 0 Å². The third-order valence-corrected chi connectivity index (χ3v) is 4.53. The van der Waals surface area contributed by atoms with Gasteiger partial charge in [-0.1, -0.05) is 17.4 Å². The monoisotopic (exact) mass is 376 g/mol. The zero-order valence-corrected chi connectivity index (χ0v) is 13.9. The third-order valence-electron chi connectivity index (χ3n) is 3.60. The van der Waals surface area contributed by atoms with Crippen LogP contribution in [0, 0.1) is 33.0 Å². The first kappa shape index (κ1) is 17.4. The summed E-state index contributed by atoms with van der Waals surface area (Å²) in [6.07, 6.45) is 0. The highest BCUT2D eigenvalue weighted by Crippen LogP contribution is 2.31. The van der Waals surface area contributed by atoms with Gasteiger partial charge in [0, 0.05) is 12.1 Å². The van der Waals surface area contributed by atoms with Gasteiger partial charge < -0.3 is 0 Å². The molecule has 1 aromatic heterocycles. The van der Waals surface area contributed by atoms with Crippen LogP contribution < -0.4 is 5.32 Å². The fourth-order valence-electron chi connectivity index (χ4n) is 2.33. The van der Waals surface area contributed by atoms with Crippen molar-refractivity contribution in [2.75, 3.05) is 5.32 Å². The van der Waals surface area contributed by atoms with Crippen LogP contribution in [0.15, 0.2) is 30.3 Å². The van der Waals surface area contributed by atoms with E-state index < -0.39 is 32.9 Å². The minimum atomic E-state index is -0.823. The molecule has 9 nitrogen and oxygen atoms in total. The van der Waals surface area contributed by atoms with E-state index >= 15 is 0 Å². The molecule has 0 saturated heterocycles. The number of para-hydroxylation sites is 1. The van der Waals surface area contributed by atoms with E-state index in [2.05, 4.69) is 10.3 Å². The summed E-state index contributed by atoms with van der Waals surface area (Å²) in [5.74, 6) is -1.38. The molecular formula is C15H9FN4O5S. The first-order valence-electron chi connectivity index (χ1n) is 7.07. The highest BCUT2D eigenvalue weighted by atomic mass is 32.1.